The quantitative estimate of drug-likeness (QED) is 0.531. The Hall–Kier alpha value is -3.12. The van der Waals surface area contributed by atoms with Crippen LogP contribution in [0.25, 0.3) is 21.7 Å². The molecule has 1 heterocycles. The van der Waals surface area contributed by atoms with E-state index in [1.54, 1.807) is 18.2 Å². The highest BCUT2D eigenvalue weighted by Crippen LogP contribution is 2.31. The third-order valence-corrected chi connectivity index (χ3v) is 5.83. The zero-order valence-corrected chi connectivity index (χ0v) is 15.7. The van der Waals surface area contributed by atoms with E-state index in [1.165, 1.54) is 19.2 Å². The van der Waals surface area contributed by atoms with E-state index in [2.05, 4.69) is 9.71 Å². The molecule has 0 aliphatic rings. The summed E-state index contributed by atoms with van der Waals surface area (Å²) in [7, 11) is -2.19. The Bertz CT molecular complexity index is 1250. The lowest BCUT2D eigenvalue weighted by Gasteiger charge is -2.13. The van der Waals surface area contributed by atoms with Crippen LogP contribution in [0.1, 0.15) is 5.69 Å². The Morgan fingerprint density at radius 2 is 1.67 bits per heavy atom. The topological polar surface area (TPSA) is 68.3 Å². The van der Waals surface area contributed by atoms with E-state index in [4.69, 9.17) is 4.74 Å². The molecule has 0 saturated heterocycles. The number of sulfonamides is 1. The molecule has 0 aliphatic heterocycles. The number of pyridine rings is 1. The van der Waals surface area contributed by atoms with Crippen molar-refractivity contribution in [2.45, 2.75) is 11.8 Å². The summed E-state index contributed by atoms with van der Waals surface area (Å²) in [4.78, 5) is 4.81. The van der Waals surface area contributed by atoms with Crippen molar-refractivity contribution >= 4 is 37.4 Å². The highest BCUT2D eigenvalue weighted by atomic mass is 32.2. The summed E-state index contributed by atoms with van der Waals surface area (Å²) in [5, 5.41) is 2.81. The molecule has 1 aromatic heterocycles. The van der Waals surface area contributed by atoms with Crippen molar-refractivity contribution in [3.8, 4) is 5.75 Å². The number of aromatic nitrogens is 1. The van der Waals surface area contributed by atoms with Crippen LogP contribution in [0.2, 0.25) is 0 Å². The summed E-state index contributed by atoms with van der Waals surface area (Å²) in [5.41, 5.74) is 2.03. The number of methoxy groups -OCH3 is 1. The maximum Gasteiger partial charge on any atom is 0.261 e. The summed E-state index contributed by atoms with van der Waals surface area (Å²) in [6.45, 7) is 1.85. The molecule has 0 radical (unpaired) electrons. The Kier molecular flexibility index (Phi) is 4.20. The van der Waals surface area contributed by atoms with Gasteiger partial charge in [-0.2, -0.15) is 0 Å². The first-order valence-corrected chi connectivity index (χ1v) is 9.92. The van der Waals surface area contributed by atoms with Crippen molar-refractivity contribution < 1.29 is 13.2 Å². The van der Waals surface area contributed by atoms with Crippen LogP contribution in [0.5, 0.6) is 5.75 Å². The average Bonchev–Trinajstić information content (AvgIpc) is 2.67. The van der Waals surface area contributed by atoms with Crippen LogP contribution >= 0.6 is 0 Å². The molecule has 1 N–H and O–H groups in total. The summed E-state index contributed by atoms with van der Waals surface area (Å²) in [6.07, 6.45) is 0. The van der Waals surface area contributed by atoms with Crippen LogP contribution in [-0.4, -0.2) is 20.5 Å². The van der Waals surface area contributed by atoms with Gasteiger partial charge in [-0.15, -0.1) is 0 Å². The fourth-order valence-electron chi connectivity index (χ4n) is 3.13. The van der Waals surface area contributed by atoms with E-state index in [-0.39, 0.29) is 4.90 Å². The second kappa shape index (κ2) is 6.55. The summed E-state index contributed by atoms with van der Waals surface area (Å²) in [6, 6.07) is 19.8. The Morgan fingerprint density at radius 1 is 0.926 bits per heavy atom. The number of nitrogens with zero attached hydrogens (tertiary/aromatic N) is 1. The number of nitrogens with one attached hydrogen (secondary N) is 1. The lowest BCUT2D eigenvalue weighted by Crippen LogP contribution is -2.13. The average molecular weight is 378 g/mol. The largest absolute Gasteiger partial charge is 0.497 e. The van der Waals surface area contributed by atoms with Crippen LogP contribution in [0.15, 0.2) is 71.6 Å². The van der Waals surface area contributed by atoms with E-state index in [1.807, 2.05) is 43.3 Å². The number of benzene rings is 3. The smallest absolute Gasteiger partial charge is 0.261 e. The maximum atomic E-state index is 12.8. The summed E-state index contributed by atoms with van der Waals surface area (Å²) in [5.74, 6) is 0.602. The number of fused-ring (bicyclic) bond motifs is 3. The van der Waals surface area contributed by atoms with E-state index < -0.39 is 10.0 Å². The van der Waals surface area contributed by atoms with Gasteiger partial charge in [-0.25, -0.2) is 8.42 Å². The molecule has 136 valence electrons. The molecule has 4 aromatic rings. The Morgan fingerprint density at radius 3 is 2.41 bits per heavy atom. The lowest BCUT2D eigenvalue weighted by molar-refractivity contribution is 0.414. The van der Waals surface area contributed by atoms with Crippen LogP contribution in [0, 0.1) is 6.92 Å². The number of ether oxygens (including phenoxy) is 1. The molecule has 0 unspecified atom stereocenters. The normalized spacial score (nSPS) is 11.6. The highest BCUT2D eigenvalue weighted by molar-refractivity contribution is 7.92. The highest BCUT2D eigenvalue weighted by Gasteiger charge is 2.17. The number of aryl methyl sites for hydroxylation is 1. The summed E-state index contributed by atoms with van der Waals surface area (Å²) < 4.78 is 33.5. The van der Waals surface area contributed by atoms with E-state index >= 15 is 0 Å². The van der Waals surface area contributed by atoms with Gasteiger partial charge in [-0.3, -0.25) is 9.71 Å². The monoisotopic (exact) mass is 378 g/mol. The first-order chi connectivity index (χ1) is 13.0. The standard InChI is InChI=1S/C21H18N2O3S/c1-14-13-20(23-27(24,25)17-10-8-16(26-2)9-11-17)19-12-7-15-5-3-4-6-18(15)21(19)22-14/h3-13H,1-2H3,(H,22,23). The molecule has 0 amide bonds. The van der Waals surface area contributed by atoms with Gasteiger partial charge in [0, 0.05) is 16.5 Å². The van der Waals surface area contributed by atoms with Gasteiger partial charge in [0.2, 0.25) is 0 Å². The molecule has 0 bridgehead atoms. The number of hydrogen-bond acceptors (Lipinski definition) is 4. The molecule has 5 nitrogen and oxygen atoms in total. The van der Waals surface area contributed by atoms with Gasteiger partial charge in [-0.05, 0) is 42.6 Å². The fraction of sp³-hybridized carbons (Fsp3) is 0.0952. The lowest BCUT2D eigenvalue weighted by atomic mass is 10.0. The van der Waals surface area contributed by atoms with Gasteiger partial charge in [0.05, 0.1) is 23.2 Å². The van der Waals surface area contributed by atoms with Crippen LogP contribution in [0.3, 0.4) is 0 Å². The number of rotatable bonds is 4. The number of hydrogen-bond donors (Lipinski definition) is 1. The Labute approximate surface area is 157 Å². The predicted octanol–water partition coefficient (Wildman–Crippen LogP) is 4.51. The van der Waals surface area contributed by atoms with Crippen LogP contribution in [0.4, 0.5) is 5.69 Å². The molecule has 0 atom stereocenters. The first-order valence-electron chi connectivity index (χ1n) is 8.44. The van der Waals surface area contributed by atoms with Crippen LogP contribution in [-0.2, 0) is 10.0 Å². The van der Waals surface area contributed by atoms with E-state index in [0.717, 1.165) is 27.4 Å². The van der Waals surface area contributed by atoms with Gasteiger partial charge in [0.15, 0.2) is 0 Å². The zero-order valence-electron chi connectivity index (χ0n) is 14.9. The predicted molar refractivity (Wildman–Crippen MR) is 108 cm³/mol. The molecular formula is C21H18N2O3S. The molecule has 4 rings (SSSR count). The molecule has 27 heavy (non-hydrogen) atoms. The SMILES string of the molecule is COc1ccc(S(=O)(=O)Nc2cc(C)nc3c2ccc2ccccc23)cc1. The number of anilines is 1. The third kappa shape index (κ3) is 3.19. The van der Waals surface area contributed by atoms with Gasteiger partial charge < -0.3 is 4.74 Å². The van der Waals surface area contributed by atoms with Gasteiger partial charge in [0.1, 0.15) is 5.75 Å². The molecule has 0 saturated carbocycles. The zero-order chi connectivity index (χ0) is 19.0. The van der Waals surface area contributed by atoms with Crippen molar-refractivity contribution in [2.75, 3.05) is 11.8 Å². The molecule has 6 heteroatoms. The molecular weight excluding hydrogens is 360 g/mol. The summed E-state index contributed by atoms with van der Waals surface area (Å²) >= 11 is 0. The molecule has 0 fully saturated rings. The second-order valence-electron chi connectivity index (χ2n) is 6.28. The van der Waals surface area contributed by atoms with Crippen molar-refractivity contribution in [1.82, 2.24) is 4.98 Å². The van der Waals surface area contributed by atoms with Crippen molar-refractivity contribution in [2.24, 2.45) is 0 Å². The van der Waals surface area contributed by atoms with E-state index in [0.29, 0.717) is 11.4 Å². The van der Waals surface area contributed by atoms with E-state index in [9.17, 15) is 8.42 Å². The second-order valence-corrected chi connectivity index (χ2v) is 7.96. The third-order valence-electron chi connectivity index (χ3n) is 4.45. The maximum absolute atomic E-state index is 12.8. The first kappa shape index (κ1) is 17.3. The fourth-order valence-corrected chi connectivity index (χ4v) is 4.20. The molecule has 0 spiro atoms. The molecule has 0 aliphatic carbocycles. The minimum atomic E-state index is -3.73. The van der Waals surface area contributed by atoms with Gasteiger partial charge in [-0.1, -0.05) is 36.4 Å². The van der Waals surface area contributed by atoms with Crippen molar-refractivity contribution in [1.29, 1.82) is 0 Å². The van der Waals surface area contributed by atoms with Crippen molar-refractivity contribution in [3.63, 3.8) is 0 Å². The van der Waals surface area contributed by atoms with Crippen molar-refractivity contribution in [3.05, 3.63) is 72.4 Å². The minimum absolute atomic E-state index is 0.173. The van der Waals surface area contributed by atoms with Gasteiger partial charge in [0.25, 0.3) is 10.0 Å². The minimum Gasteiger partial charge on any atom is -0.497 e. The Balaban J connectivity index is 1.84. The molecule has 3 aromatic carbocycles. The van der Waals surface area contributed by atoms with Gasteiger partial charge >= 0.3 is 0 Å². The van der Waals surface area contributed by atoms with Crippen LogP contribution < -0.4 is 9.46 Å².